The Kier molecular flexibility index (Phi) is 7.38. The van der Waals surface area contributed by atoms with Crippen LogP contribution in [0.15, 0.2) is 18.3 Å². The summed E-state index contributed by atoms with van der Waals surface area (Å²) >= 11 is 0. The third-order valence-electron chi connectivity index (χ3n) is 3.47. The van der Waals surface area contributed by atoms with Gasteiger partial charge in [-0.1, -0.05) is 0 Å². The average Bonchev–Trinajstić information content (AvgIpc) is 2.58. The first-order valence-corrected chi connectivity index (χ1v) is 9.07. The molecule has 0 fully saturated rings. The second-order valence-electron chi connectivity index (χ2n) is 6.75. The predicted molar refractivity (Wildman–Crippen MR) is 105 cm³/mol. The lowest BCUT2D eigenvalue weighted by Gasteiger charge is -2.16. The lowest BCUT2D eigenvalue weighted by molar-refractivity contribution is -0.114. The van der Waals surface area contributed by atoms with Crippen molar-refractivity contribution in [1.29, 1.82) is 0 Å². The second-order valence-corrected chi connectivity index (χ2v) is 6.75. The number of pyridine rings is 1. The molecule has 0 aromatic carbocycles. The normalized spacial score (nSPS) is 11.4. The zero-order chi connectivity index (χ0) is 21.6. The fraction of sp³-hybridized carbons (Fsp3) is 0.474. The molecular formula is C19H25F2N5O3. The summed E-state index contributed by atoms with van der Waals surface area (Å²) in [7, 11) is 0. The van der Waals surface area contributed by atoms with E-state index in [2.05, 4.69) is 25.6 Å². The monoisotopic (exact) mass is 409 g/mol. The van der Waals surface area contributed by atoms with Crippen LogP contribution in [0.5, 0.6) is 5.75 Å². The molecule has 158 valence electrons. The Hall–Kier alpha value is -2.88. The van der Waals surface area contributed by atoms with Crippen LogP contribution in [-0.4, -0.2) is 40.2 Å². The molecule has 8 nitrogen and oxygen atoms in total. The summed E-state index contributed by atoms with van der Waals surface area (Å²) in [4.78, 5) is 23.1. The van der Waals surface area contributed by atoms with Gasteiger partial charge in [-0.2, -0.15) is 8.78 Å². The predicted octanol–water partition coefficient (Wildman–Crippen LogP) is 3.80. The van der Waals surface area contributed by atoms with E-state index in [4.69, 9.17) is 9.47 Å². The highest BCUT2D eigenvalue weighted by molar-refractivity contribution is 5.88. The molecule has 2 aromatic heterocycles. The van der Waals surface area contributed by atoms with Crippen molar-refractivity contribution < 1.29 is 23.0 Å². The van der Waals surface area contributed by atoms with Gasteiger partial charge in [0, 0.05) is 31.7 Å². The lowest BCUT2D eigenvalue weighted by Crippen LogP contribution is -2.15. The summed E-state index contributed by atoms with van der Waals surface area (Å²) in [5.74, 6) is -3.28. The molecule has 0 spiro atoms. The van der Waals surface area contributed by atoms with Crippen LogP contribution in [0.3, 0.4) is 0 Å². The maximum Gasteiger partial charge on any atom is 0.303 e. The molecule has 10 heteroatoms. The Morgan fingerprint density at radius 2 is 1.93 bits per heavy atom. The van der Waals surface area contributed by atoms with Crippen molar-refractivity contribution in [2.24, 2.45) is 0 Å². The average molecular weight is 409 g/mol. The number of rotatable bonds is 9. The maximum atomic E-state index is 13.7. The Bertz CT molecular complexity index is 856. The number of aryl methyl sites for hydroxylation is 1. The highest BCUT2D eigenvalue weighted by Gasteiger charge is 2.29. The molecule has 0 aliphatic heterocycles. The number of nitrogens with zero attached hydrogens (tertiary/aromatic N) is 3. The summed E-state index contributed by atoms with van der Waals surface area (Å²) in [5, 5.41) is 5.51. The maximum absolute atomic E-state index is 13.7. The molecule has 0 aliphatic carbocycles. The van der Waals surface area contributed by atoms with Crippen molar-refractivity contribution in [3.63, 3.8) is 0 Å². The number of alkyl halides is 2. The number of amides is 1. The number of nitrogens with one attached hydrogen (secondary N) is 2. The molecule has 1 amide bonds. The lowest BCUT2D eigenvalue weighted by atomic mass is 10.3. The molecule has 0 bridgehead atoms. The van der Waals surface area contributed by atoms with Gasteiger partial charge in [0.1, 0.15) is 18.2 Å². The van der Waals surface area contributed by atoms with E-state index in [1.54, 1.807) is 6.92 Å². The summed E-state index contributed by atoms with van der Waals surface area (Å²) in [6, 6.07) is 3.06. The largest absolute Gasteiger partial charge is 0.487 e. The molecule has 0 atom stereocenters. The Morgan fingerprint density at radius 3 is 2.55 bits per heavy atom. The van der Waals surface area contributed by atoms with Crippen LogP contribution in [0.25, 0.3) is 0 Å². The molecule has 0 aliphatic rings. The SMILES string of the molecule is CC(=O)Nc1cc(Nc2cc(C)nc(C(C)(F)F)n2)c(OCCOC(C)C)cn1. The zero-order valence-corrected chi connectivity index (χ0v) is 17.0. The van der Waals surface area contributed by atoms with Gasteiger partial charge in [0.25, 0.3) is 0 Å². The fourth-order valence-electron chi connectivity index (χ4n) is 2.31. The summed E-state index contributed by atoms with van der Waals surface area (Å²) < 4.78 is 38.5. The number of hydrogen-bond acceptors (Lipinski definition) is 7. The van der Waals surface area contributed by atoms with Crippen molar-refractivity contribution in [2.45, 2.75) is 46.6 Å². The van der Waals surface area contributed by atoms with Gasteiger partial charge in [-0.15, -0.1) is 0 Å². The molecule has 0 unspecified atom stereocenters. The number of hydrogen-bond donors (Lipinski definition) is 2. The first-order chi connectivity index (χ1) is 13.5. The molecule has 0 radical (unpaired) electrons. The molecule has 29 heavy (non-hydrogen) atoms. The smallest absolute Gasteiger partial charge is 0.303 e. The van der Waals surface area contributed by atoms with Gasteiger partial charge in [-0.05, 0) is 20.8 Å². The quantitative estimate of drug-likeness (QED) is 0.608. The van der Waals surface area contributed by atoms with Gasteiger partial charge in [0.2, 0.25) is 11.7 Å². The number of anilines is 3. The number of halogens is 2. The van der Waals surface area contributed by atoms with E-state index in [-0.39, 0.29) is 30.3 Å². The molecular weight excluding hydrogens is 384 g/mol. The third kappa shape index (κ3) is 7.22. The molecule has 0 saturated heterocycles. The molecule has 2 rings (SSSR count). The van der Waals surface area contributed by atoms with Crippen molar-refractivity contribution in [2.75, 3.05) is 23.8 Å². The van der Waals surface area contributed by atoms with Crippen LogP contribution in [-0.2, 0) is 15.5 Å². The van der Waals surface area contributed by atoms with E-state index in [0.717, 1.165) is 6.92 Å². The number of carbonyl (C=O) groups excluding carboxylic acids is 1. The minimum Gasteiger partial charge on any atom is -0.487 e. The summed E-state index contributed by atoms with van der Waals surface area (Å²) in [6.07, 6.45) is 1.49. The van der Waals surface area contributed by atoms with Crippen molar-refractivity contribution in [3.8, 4) is 5.75 Å². The van der Waals surface area contributed by atoms with Gasteiger partial charge in [0.05, 0.1) is 24.6 Å². The minimum absolute atomic E-state index is 0.0644. The van der Waals surface area contributed by atoms with Crippen LogP contribution in [0.2, 0.25) is 0 Å². The van der Waals surface area contributed by atoms with Crippen molar-refractivity contribution >= 4 is 23.2 Å². The van der Waals surface area contributed by atoms with E-state index in [0.29, 0.717) is 23.7 Å². The number of aromatic nitrogens is 3. The van der Waals surface area contributed by atoms with Crippen LogP contribution in [0.1, 0.15) is 39.2 Å². The zero-order valence-electron chi connectivity index (χ0n) is 17.0. The fourth-order valence-corrected chi connectivity index (χ4v) is 2.31. The first-order valence-electron chi connectivity index (χ1n) is 9.07. The number of carbonyl (C=O) groups is 1. The van der Waals surface area contributed by atoms with Gasteiger partial charge in [-0.25, -0.2) is 15.0 Å². The van der Waals surface area contributed by atoms with Crippen LogP contribution < -0.4 is 15.4 Å². The van der Waals surface area contributed by atoms with Crippen LogP contribution >= 0.6 is 0 Å². The second kappa shape index (κ2) is 9.55. The van der Waals surface area contributed by atoms with Crippen molar-refractivity contribution in [3.05, 3.63) is 29.8 Å². The van der Waals surface area contributed by atoms with E-state index < -0.39 is 11.7 Å². The first kappa shape index (κ1) is 22.4. The topological polar surface area (TPSA) is 98.3 Å². The number of ether oxygens (including phenoxy) is 2. The van der Waals surface area contributed by atoms with E-state index in [9.17, 15) is 13.6 Å². The van der Waals surface area contributed by atoms with Crippen LogP contribution in [0, 0.1) is 6.92 Å². The highest BCUT2D eigenvalue weighted by atomic mass is 19.3. The summed E-state index contributed by atoms with van der Waals surface area (Å²) in [5.41, 5.74) is 0.778. The van der Waals surface area contributed by atoms with Crippen molar-refractivity contribution in [1.82, 2.24) is 15.0 Å². The van der Waals surface area contributed by atoms with Gasteiger partial charge >= 0.3 is 5.92 Å². The van der Waals surface area contributed by atoms with Crippen LogP contribution in [0.4, 0.5) is 26.1 Å². The molecule has 2 heterocycles. The molecule has 0 saturated carbocycles. The Balaban J connectivity index is 2.30. The Morgan fingerprint density at radius 1 is 1.21 bits per heavy atom. The molecule has 2 N–H and O–H groups in total. The van der Waals surface area contributed by atoms with Gasteiger partial charge in [-0.3, -0.25) is 4.79 Å². The van der Waals surface area contributed by atoms with Gasteiger partial charge < -0.3 is 20.1 Å². The minimum atomic E-state index is -3.18. The van der Waals surface area contributed by atoms with Gasteiger partial charge in [0.15, 0.2) is 5.75 Å². The Labute approximate surface area is 168 Å². The summed E-state index contributed by atoms with van der Waals surface area (Å²) in [6.45, 7) is 8.13. The molecule has 2 aromatic rings. The third-order valence-corrected chi connectivity index (χ3v) is 3.47. The van der Waals surface area contributed by atoms with E-state index >= 15 is 0 Å². The van der Waals surface area contributed by atoms with E-state index in [1.807, 2.05) is 13.8 Å². The van der Waals surface area contributed by atoms with E-state index in [1.165, 1.54) is 25.3 Å². The highest BCUT2D eigenvalue weighted by Crippen LogP contribution is 2.30. The standard InChI is InChI=1S/C19H25F2N5O3/c1-11(2)28-6-7-29-15-10-22-16(24-13(4)27)9-14(15)25-17-8-12(3)23-18(26-17)19(5,20)21/h8-11H,6-7H2,1-5H3,(H2,22,23,24,25,26,27).